The van der Waals surface area contributed by atoms with Crippen molar-refractivity contribution in [3.8, 4) is 0 Å². The van der Waals surface area contributed by atoms with Gasteiger partial charge in [0, 0.05) is 18.9 Å². The highest BCUT2D eigenvalue weighted by molar-refractivity contribution is 5.76. The molecule has 21 heavy (non-hydrogen) atoms. The number of aryl methyl sites for hydroxylation is 1. The van der Waals surface area contributed by atoms with Crippen LogP contribution in [0.1, 0.15) is 68.4 Å². The average molecular weight is 285 g/mol. The molecule has 1 atom stereocenters. The Balaban J connectivity index is 1.50. The van der Waals surface area contributed by atoms with Crippen molar-refractivity contribution < 1.29 is 4.79 Å². The number of hydrogen-bond acceptors (Lipinski definition) is 1. The third-order valence-electron chi connectivity index (χ3n) is 5.24. The molecule has 0 spiro atoms. The molecule has 3 rings (SSSR count). The number of benzene rings is 1. The Hall–Kier alpha value is -1.31. The minimum atomic E-state index is 0.268. The lowest BCUT2D eigenvalue weighted by molar-refractivity contribution is -0.122. The van der Waals surface area contributed by atoms with Crippen LogP contribution in [0, 0.1) is 5.92 Å². The highest BCUT2D eigenvalue weighted by Crippen LogP contribution is 2.31. The molecule has 0 heterocycles. The Morgan fingerprint density at radius 1 is 1.05 bits per heavy atom. The second kappa shape index (κ2) is 7.11. The van der Waals surface area contributed by atoms with E-state index in [0.717, 1.165) is 13.0 Å². The Labute approximate surface area is 128 Å². The predicted molar refractivity (Wildman–Crippen MR) is 86.3 cm³/mol. The molecule has 1 saturated carbocycles. The van der Waals surface area contributed by atoms with Crippen molar-refractivity contribution in [1.29, 1.82) is 0 Å². The first-order valence-electron chi connectivity index (χ1n) is 8.67. The number of rotatable bonds is 4. The van der Waals surface area contributed by atoms with Crippen molar-refractivity contribution in [1.82, 2.24) is 5.32 Å². The zero-order valence-corrected chi connectivity index (χ0v) is 12.9. The van der Waals surface area contributed by atoms with Gasteiger partial charge in [0.2, 0.25) is 5.91 Å². The molecule has 1 fully saturated rings. The van der Waals surface area contributed by atoms with Gasteiger partial charge in [0.15, 0.2) is 0 Å². The molecule has 0 aliphatic heterocycles. The summed E-state index contributed by atoms with van der Waals surface area (Å²) in [6, 6.07) is 8.74. The van der Waals surface area contributed by atoms with Crippen molar-refractivity contribution >= 4 is 5.91 Å². The molecule has 2 aliphatic rings. The second-order valence-corrected chi connectivity index (χ2v) is 6.80. The van der Waals surface area contributed by atoms with Gasteiger partial charge in [0.25, 0.3) is 0 Å². The summed E-state index contributed by atoms with van der Waals surface area (Å²) in [7, 11) is 0. The zero-order chi connectivity index (χ0) is 14.5. The van der Waals surface area contributed by atoms with E-state index >= 15 is 0 Å². The largest absolute Gasteiger partial charge is 0.355 e. The highest BCUT2D eigenvalue weighted by Gasteiger charge is 2.21. The molecule has 1 unspecified atom stereocenters. The highest BCUT2D eigenvalue weighted by atomic mass is 16.1. The van der Waals surface area contributed by atoms with E-state index in [0.29, 0.717) is 11.8 Å². The van der Waals surface area contributed by atoms with Gasteiger partial charge in [0.1, 0.15) is 0 Å². The third-order valence-corrected chi connectivity index (χ3v) is 5.24. The average Bonchev–Trinajstić information content (AvgIpc) is 2.54. The Bertz CT molecular complexity index is 476. The number of nitrogens with one attached hydrogen (secondary N) is 1. The number of carbonyl (C=O) groups excluding carboxylic acids is 1. The lowest BCUT2D eigenvalue weighted by Gasteiger charge is -2.26. The molecule has 0 bridgehead atoms. The molecule has 1 N–H and O–H groups in total. The zero-order valence-electron chi connectivity index (χ0n) is 12.9. The monoisotopic (exact) mass is 285 g/mol. The molecule has 0 aromatic heterocycles. The predicted octanol–water partition coefficient (Wildman–Crippen LogP) is 4.19. The molecule has 1 aromatic carbocycles. The van der Waals surface area contributed by atoms with Gasteiger partial charge in [-0.3, -0.25) is 4.79 Å². The standard InChI is InChI=1S/C19H27NO/c21-19(13-15-7-2-1-3-8-15)20-14-17-11-6-10-16-9-4-5-12-18(16)17/h4-5,9,12,15,17H,1-3,6-8,10-11,13-14H2,(H,20,21). The van der Waals surface area contributed by atoms with Crippen LogP contribution in [-0.4, -0.2) is 12.5 Å². The summed E-state index contributed by atoms with van der Waals surface area (Å²) in [5.74, 6) is 1.42. The van der Waals surface area contributed by atoms with Gasteiger partial charge >= 0.3 is 0 Å². The molecule has 2 nitrogen and oxygen atoms in total. The summed E-state index contributed by atoms with van der Waals surface area (Å²) in [4.78, 5) is 12.2. The Morgan fingerprint density at radius 3 is 2.71 bits per heavy atom. The quantitative estimate of drug-likeness (QED) is 0.883. The van der Waals surface area contributed by atoms with E-state index in [1.807, 2.05) is 0 Å². The molecule has 1 aromatic rings. The van der Waals surface area contributed by atoms with Gasteiger partial charge in [0.05, 0.1) is 0 Å². The van der Waals surface area contributed by atoms with Gasteiger partial charge < -0.3 is 5.32 Å². The number of hydrogen-bond donors (Lipinski definition) is 1. The first-order chi connectivity index (χ1) is 10.3. The summed E-state index contributed by atoms with van der Waals surface area (Å²) in [6.07, 6.45) is 10.9. The van der Waals surface area contributed by atoms with Gasteiger partial charge in [-0.2, -0.15) is 0 Å². The van der Waals surface area contributed by atoms with Crippen LogP contribution in [0.2, 0.25) is 0 Å². The van der Waals surface area contributed by atoms with Crippen LogP contribution in [0.4, 0.5) is 0 Å². The summed E-state index contributed by atoms with van der Waals surface area (Å²) >= 11 is 0. The molecule has 2 aliphatic carbocycles. The minimum absolute atomic E-state index is 0.268. The van der Waals surface area contributed by atoms with Crippen molar-refractivity contribution in [3.63, 3.8) is 0 Å². The molecular weight excluding hydrogens is 258 g/mol. The van der Waals surface area contributed by atoms with E-state index in [1.54, 1.807) is 0 Å². The first-order valence-corrected chi connectivity index (χ1v) is 8.67. The van der Waals surface area contributed by atoms with Crippen LogP contribution >= 0.6 is 0 Å². The van der Waals surface area contributed by atoms with Gasteiger partial charge in [-0.15, -0.1) is 0 Å². The van der Waals surface area contributed by atoms with Crippen molar-refractivity contribution in [2.45, 2.75) is 63.7 Å². The molecule has 0 radical (unpaired) electrons. The maximum atomic E-state index is 12.2. The van der Waals surface area contributed by atoms with Gasteiger partial charge in [-0.1, -0.05) is 43.5 Å². The normalized spacial score (nSPS) is 22.6. The van der Waals surface area contributed by atoms with E-state index in [4.69, 9.17) is 0 Å². The van der Waals surface area contributed by atoms with E-state index in [1.165, 1.54) is 62.5 Å². The second-order valence-electron chi connectivity index (χ2n) is 6.80. The van der Waals surface area contributed by atoms with Crippen molar-refractivity contribution in [2.75, 3.05) is 6.54 Å². The number of fused-ring (bicyclic) bond motifs is 1. The lowest BCUT2D eigenvalue weighted by atomic mass is 9.82. The van der Waals surface area contributed by atoms with Gasteiger partial charge in [-0.25, -0.2) is 0 Å². The van der Waals surface area contributed by atoms with Crippen LogP contribution in [0.25, 0.3) is 0 Å². The maximum absolute atomic E-state index is 12.2. The molecule has 0 saturated heterocycles. The van der Waals surface area contributed by atoms with Crippen molar-refractivity contribution in [2.24, 2.45) is 5.92 Å². The maximum Gasteiger partial charge on any atom is 0.220 e. The number of carbonyl (C=O) groups is 1. The fraction of sp³-hybridized carbons (Fsp3) is 0.632. The Kier molecular flexibility index (Phi) is 4.95. The number of amides is 1. The van der Waals surface area contributed by atoms with E-state index in [9.17, 15) is 4.79 Å². The topological polar surface area (TPSA) is 29.1 Å². The van der Waals surface area contributed by atoms with Crippen LogP contribution in [-0.2, 0) is 11.2 Å². The molecule has 1 amide bonds. The lowest BCUT2D eigenvalue weighted by Crippen LogP contribution is -2.31. The Morgan fingerprint density at radius 2 is 1.86 bits per heavy atom. The fourth-order valence-electron chi connectivity index (χ4n) is 4.03. The van der Waals surface area contributed by atoms with Crippen LogP contribution in [0.15, 0.2) is 24.3 Å². The first kappa shape index (κ1) is 14.6. The summed E-state index contributed by atoms with van der Waals surface area (Å²) < 4.78 is 0. The van der Waals surface area contributed by atoms with Crippen molar-refractivity contribution in [3.05, 3.63) is 35.4 Å². The SMILES string of the molecule is O=C(CC1CCCCC1)NCC1CCCc2ccccc21. The van der Waals surface area contributed by atoms with E-state index in [2.05, 4.69) is 29.6 Å². The smallest absolute Gasteiger partial charge is 0.220 e. The summed E-state index contributed by atoms with van der Waals surface area (Å²) in [5.41, 5.74) is 2.94. The molecule has 114 valence electrons. The fourth-order valence-corrected chi connectivity index (χ4v) is 4.03. The molecule has 2 heteroatoms. The van der Waals surface area contributed by atoms with Crippen LogP contribution < -0.4 is 5.32 Å². The molecular formula is C19H27NO. The van der Waals surface area contributed by atoms with Gasteiger partial charge in [-0.05, 0) is 49.1 Å². The summed E-state index contributed by atoms with van der Waals surface area (Å²) in [6.45, 7) is 0.822. The van der Waals surface area contributed by atoms with E-state index < -0.39 is 0 Å². The summed E-state index contributed by atoms with van der Waals surface area (Å²) in [5, 5.41) is 3.20. The van der Waals surface area contributed by atoms with Crippen LogP contribution in [0.3, 0.4) is 0 Å². The van der Waals surface area contributed by atoms with E-state index in [-0.39, 0.29) is 5.91 Å². The third kappa shape index (κ3) is 3.87. The van der Waals surface area contributed by atoms with Crippen LogP contribution in [0.5, 0.6) is 0 Å². The minimum Gasteiger partial charge on any atom is -0.355 e.